The highest BCUT2D eigenvalue weighted by Gasteiger charge is 2.27. The van der Waals surface area contributed by atoms with E-state index < -0.39 is 0 Å². The Morgan fingerprint density at radius 1 is 0.787 bits per heavy atom. The zero-order valence-corrected chi connectivity index (χ0v) is 27.1. The molecule has 0 saturated heterocycles. The number of ether oxygens (including phenoxy) is 3. The van der Waals surface area contributed by atoms with Gasteiger partial charge in [-0.25, -0.2) is 9.78 Å². The van der Waals surface area contributed by atoms with Crippen LogP contribution in [-0.2, 0) is 4.74 Å². The van der Waals surface area contributed by atoms with Crippen LogP contribution in [0.2, 0.25) is 0 Å². The van der Waals surface area contributed by atoms with Crippen molar-refractivity contribution < 1.29 is 19.0 Å². The maximum Gasteiger partial charge on any atom is 0.338 e. The molecule has 6 aromatic rings. The molecular formula is C40H32N2O4S. The van der Waals surface area contributed by atoms with Gasteiger partial charge in [0.1, 0.15) is 11.5 Å². The quantitative estimate of drug-likeness (QED) is 0.154. The number of rotatable bonds is 8. The first kappa shape index (κ1) is 30.1. The van der Waals surface area contributed by atoms with Crippen LogP contribution in [0.4, 0.5) is 17.1 Å². The van der Waals surface area contributed by atoms with Gasteiger partial charge in [-0.05, 0) is 84.3 Å². The molecule has 0 radical (unpaired) electrons. The van der Waals surface area contributed by atoms with Gasteiger partial charge < -0.3 is 19.1 Å². The van der Waals surface area contributed by atoms with E-state index in [0.717, 1.165) is 65.7 Å². The predicted octanol–water partition coefficient (Wildman–Crippen LogP) is 10.3. The summed E-state index contributed by atoms with van der Waals surface area (Å²) in [6, 6.07) is 36.5. The molecule has 6 nitrogen and oxygen atoms in total. The third kappa shape index (κ3) is 5.49. The molecule has 2 heterocycles. The summed E-state index contributed by atoms with van der Waals surface area (Å²) in [5.41, 5.74) is 8.82. The van der Waals surface area contributed by atoms with E-state index in [1.807, 2.05) is 36.4 Å². The van der Waals surface area contributed by atoms with Crippen LogP contribution in [0.5, 0.6) is 11.5 Å². The van der Waals surface area contributed by atoms with Crippen molar-refractivity contribution >= 4 is 51.8 Å². The van der Waals surface area contributed by atoms with Gasteiger partial charge in [-0.2, -0.15) is 0 Å². The number of hydrogen-bond acceptors (Lipinski definition) is 7. The van der Waals surface area contributed by atoms with Gasteiger partial charge in [0.15, 0.2) is 0 Å². The van der Waals surface area contributed by atoms with Crippen molar-refractivity contribution in [2.24, 2.45) is 0 Å². The number of carbonyl (C=O) groups excluding carboxylic acids is 1. The zero-order valence-electron chi connectivity index (χ0n) is 26.3. The Morgan fingerprint density at radius 2 is 1.43 bits per heavy atom. The molecule has 0 saturated carbocycles. The molecule has 0 atom stereocenters. The number of hydrogen-bond donors (Lipinski definition) is 0. The van der Waals surface area contributed by atoms with E-state index >= 15 is 0 Å². The summed E-state index contributed by atoms with van der Waals surface area (Å²) < 4.78 is 16.6. The van der Waals surface area contributed by atoms with Crippen molar-refractivity contribution in [1.82, 2.24) is 4.98 Å². The number of anilines is 3. The molecule has 47 heavy (non-hydrogen) atoms. The Hall–Kier alpha value is -5.53. The van der Waals surface area contributed by atoms with Crippen LogP contribution in [0.15, 0.2) is 126 Å². The Labute approximate surface area is 278 Å². The molecular weight excluding hydrogens is 605 g/mol. The second kappa shape index (κ2) is 12.7. The average Bonchev–Trinajstić information content (AvgIpc) is 3.13. The minimum absolute atomic E-state index is 0.315. The first-order valence-corrected chi connectivity index (χ1v) is 16.1. The Bertz CT molecular complexity index is 2090. The van der Waals surface area contributed by atoms with E-state index in [9.17, 15) is 4.79 Å². The number of para-hydroxylation sites is 2. The molecule has 0 amide bonds. The van der Waals surface area contributed by atoms with Crippen LogP contribution in [0.1, 0.15) is 22.8 Å². The molecule has 1 aromatic heterocycles. The summed E-state index contributed by atoms with van der Waals surface area (Å²) in [6.45, 7) is 6.30. The summed E-state index contributed by atoms with van der Waals surface area (Å²) in [5, 5.41) is 0.952. The summed E-state index contributed by atoms with van der Waals surface area (Å²) in [5.74, 6) is 1.00. The van der Waals surface area contributed by atoms with Gasteiger partial charge in [-0.1, -0.05) is 66.9 Å². The normalized spacial score (nSPS) is 11.9. The second-order valence-corrected chi connectivity index (χ2v) is 12.0. The fraction of sp³-hybridized carbons (Fsp3) is 0.100. The average molecular weight is 637 g/mol. The Morgan fingerprint density at radius 3 is 2.02 bits per heavy atom. The minimum atomic E-state index is -0.354. The lowest BCUT2D eigenvalue weighted by atomic mass is 9.93. The van der Waals surface area contributed by atoms with E-state index in [1.54, 1.807) is 45.0 Å². The monoisotopic (exact) mass is 636 g/mol. The number of aromatic nitrogens is 1. The van der Waals surface area contributed by atoms with E-state index in [0.29, 0.717) is 23.7 Å². The Kier molecular flexibility index (Phi) is 8.14. The first-order valence-electron chi connectivity index (χ1n) is 15.3. The highest BCUT2D eigenvalue weighted by molar-refractivity contribution is 7.99. The van der Waals surface area contributed by atoms with Crippen molar-refractivity contribution in [2.45, 2.75) is 16.7 Å². The van der Waals surface area contributed by atoms with Crippen LogP contribution in [0, 0.1) is 0 Å². The van der Waals surface area contributed by atoms with Crippen LogP contribution >= 0.6 is 11.8 Å². The van der Waals surface area contributed by atoms with Gasteiger partial charge in [0, 0.05) is 26.8 Å². The SMILES string of the molecule is C=Cc1ccc(N2c3ccccc3Sc3ccccc32)c2nc(-c3ccc(C(=O)OCC)cc3)cc(-c3cc(OC)cc(OC)c3)c12. The molecule has 0 spiro atoms. The number of nitrogens with zero attached hydrogens (tertiary/aromatic N) is 2. The molecule has 0 aliphatic carbocycles. The number of methoxy groups -OCH3 is 2. The molecule has 232 valence electrons. The maximum absolute atomic E-state index is 12.4. The topological polar surface area (TPSA) is 60.9 Å². The fourth-order valence-electron chi connectivity index (χ4n) is 6.00. The Balaban J connectivity index is 1.55. The van der Waals surface area contributed by atoms with Crippen molar-refractivity contribution in [2.75, 3.05) is 25.7 Å². The maximum atomic E-state index is 12.4. The van der Waals surface area contributed by atoms with Crippen LogP contribution < -0.4 is 14.4 Å². The molecule has 7 rings (SSSR count). The predicted molar refractivity (Wildman–Crippen MR) is 191 cm³/mol. The van der Waals surface area contributed by atoms with Crippen molar-refractivity contribution in [3.63, 3.8) is 0 Å². The summed E-state index contributed by atoms with van der Waals surface area (Å²) in [4.78, 5) is 22.4. The van der Waals surface area contributed by atoms with Crippen molar-refractivity contribution in [1.29, 1.82) is 0 Å². The lowest BCUT2D eigenvalue weighted by Gasteiger charge is -2.33. The van der Waals surface area contributed by atoms with Gasteiger partial charge >= 0.3 is 5.97 Å². The fourth-order valence-corrected chi connectivity index (χ4v) is 7.06. The lowest BCUT2D eigenvalue weighted by molar-refractivity contribution is 0.0526. The highest BCUT2D eigenvalue weighted by Crippen LogP contribution is 2.53. The minimum Gasteiger partial charge on any atom is -0.497 e. The molecule has 0 unspecified atom stereocenters. The van der Waals surface area contributed by atoms with E-state index in [2.05, 4.69) is 78.2 Å². The molecule has 0 fully saturated rings. The summed E-state index contributed by atoms with van der Waals surface area (Å²) in [6.07, 6.45) is 1.87. The molecule has 5 aromatic carbocycles. The van der Waals surface area contributed by atoms with Crippen LogP contribution in [-0.4, -0.2) is 31.8 Å². The number of carbonyl (C=O) groups is 1. The molecule has 1 aliphatic heterocycles. The van der Waals surface area contributed by atoms with Gasteiger partial charge in [0.25, 0.3) is 0 Å². The smallest absolute Gasteiger partial charge is 0.338 e. The first-order chi connectivity index (χ1) is 23.0. The third-order valence-corrected chi connectivity index (χ3v) is 9.35. The third-order valence-electron chi connectivity index (χ3n) is 8.22. The molecule has 1 aliphatic rings. The summed E-state index contributed by atoms with van der Waals surface area (Å²) >= 11 is 1.77. The second-order valence-electron chi connectivity index (χ2n) is 10.9. The lowest BCUT2D eigenvalue weighted by Crippen LogP contribution is -2.15. The van der Waals surface area contributed by atoms with Crippen molar-refractivity contribution in [3.05, 3.63) is 127 Å². The number of fused-ring (bicyclic) bond motifs is 3. The van der Waals surface area contributed by atoms with Gasteiger partial charge in [0.2, 0.25) is 0 Å². The molecule has 7 heteroatoms. The van der Waals surface area contributed by atoms with Crippen molar-refractivity contribution in [3.8, 4) is 33.9 Å². The largest absolute Gasteiger partial charge is 0.497 e. The number of esters is 1. The molecule has 0 bridgehead atoms. The number of pyridine rings is 1. The summed E-state index contributed by atoms with van der Waals surface area (Å²) in [7, 11) is 3.30. The van der Waals surface area contributed by atoms with Gasteiger partial charge in [-0.3, -0.25) is 0 Å². The highest BCUT2D eigenvalue weighted by atomic mass is 32.2. The van der Waals surface area contributed by atoms with E-state index in [-0.39, 0.29) is 5.97 Å². The van der Waals surface area contributed by atoms with Crippen LogP contribution in [0.3, 0.4) is 0 Å². The zero-order chi connectivity index (χ0) is 32.5. The van der Waals surface area contributed by atoms with Gasteiger partial charge in [0.05, 0.1) is 54.7 Å². The number of benzene rings is 5. The molecule has 0 N–H and O–H groups in total. The standard InChI is InChI=1S/C40H32N2O4S/c1-5-25-19-20-35(42-33-11-7-9-13-36(33)47-37-14-10-8-12-34(37)42)39-38(25)31(28-21-29(44-3)23-30(22-28)45-4)24-32(41-39)26-15-17-27(18-16-26)40(43)46-6-2/h5,7-24H,1,6H2,2-4H3. The van der Waals surface area contributed by atoms with E-state index in [4.69, 9.17) is 19.2 Å². The van der Waals surface area contributed by atoms with Gasteiger partial charge in [-0.15, -0.1) is 0 Å². The van der Waals surface area contributed by atoms with E-state index in [1.165, 1.54) is 0 Å². The van der Waals surface area contributed by atoms with Crippen LogP contribution in [0.25, 0.3) is 39.4 Å².